The number of imide groups is 1. The summed E-state index contributed by atoms with van der Waals surface area (Å²) in [5.41, 5.74) is 5.58. The van der Waals surface area contributed by atoms with Gasteiger partial charge in [0.2, 0.25) is 0 Å². The van der Waals surface area contributed by atoms with Crippen molar-refractivity contribution in [3.63, 3.8) is 0 Å². The molecule has 3 amide bonds. The first-order valence-corrected chi connectivity index (χ1v) is 10.7. The summed E-state index contributed by atoms with van der Waals surface area (Å²) in [6.45, 7) is 1.75. The van der Waals surface area contributed by atoms with Gasteiger partial charge in [0.1, 0.15) is 5.54 Å². The Morgan fingerprint density at radius 3 is 2.36 bits per heavy atom. The Labute approximate surface area is 166 Å². The van der Waals surface area contributed by atoms with Gasteiger partial charge in [0.05, 0.1) is 12.5 Å². The van der Waals surface area contributed by atoms with Crippen LogP contribution >= 0.6 is 0 Å². The van der Waals surface area contributed by atoms with Crippen molar-refractivity contribution >= 4 is 17.7 Å². The zero-order valence-corrected chi connectivity index (χ0v) is 16.8. The molecule has 1 saturated heterocycles. The monoisotopic (exact) mass is 380 g/mol. The first-order chi connectivity index (χ1) is 13.4. The zero-order valence-electron chi connectivity index (χ0n) is 16.8. The van der Waals surface area contributed by atoms with E-state index in [9.17, 15) is 14.4 Å². The zero-order chi connectivity index (χ0) is 19.6. The van der Waals surface area contributed by atoms with Gasteiger partial charge in [-0.2, -0.15) is 0 Å². The molecule has 2 saturated carbocycles. The maximum atomic E-state index is 13.3. The number of carbonyl (C=O) groups is 3. The van der Waals surface area contributed by atoms with Gasteiger partial charge in [-0.05, 0) is 70.3 Å². The van der Waals surface area contributed by atoms with Gasteiger partial charge >= 0.3 is 6.03 Å². The van der Waals surface area contributed by atoms with Gasteiger partial charge in [-0.1, -0.05) is 28.4 Å². The molecular weight excluding hydrogens is 352 g/mol. The molecule has 0 aromatic rings. The molecule has 0 N–H and O–H groups in total. The van der Waals surface area contributed by atoms with Crippen molar-refractivity contribution in [2.24, 2.45) is 5.92 Å². The fourth-order valence-electron chi connectivity index (χ4n) is 6.09. The topological polar surface area (TPSA) is 57.7 Å². The molecule has 1 atom stereocenters. The second-order valence-corrected chi connectivity index (χ2v) is 9.11. The number of nitrogens with zero attached hydrogens (tertiary/aromatic N) is 2. The third-order valence-corrected chi connectivity index (χ3v) is 7.83. The van der Waals surface area contributed by atoms with Gasteiger partial charge in [-0.25, -0.2) is 4.79 Å². The number of hydrogen-bond donors (Lipinski definition) is 0. The average molecular weight is 380 g/mol. The number of hydrogen-bond acceptors (Lipinski definition) is 3. The fourth-order valence-corrected chi connectivity index (χ4v) is 6.09. The van der Waals surface area contributed by atoms with E-state index in [0.717, 1.165) is 63.4 Å². The third-order valence-electron chi connectivity index (χ3n) is 7.83. The SMILES string of the molecule is CN1C(=O)N(CC(=O)C2C3=C4CCC(=C2CC3)C4)C(=O)C1(C)C1=CCCCC1. The summed E-state index contributed by atoms with van der Waals surface area (Å²) in [5.74, 6) is -0.369. The molecule has 0 aromatic carbocycles. The Bertz CT molecular complexity index is 866. The van der Waals surface area contributed by atoms with Crippen molar-refractivity contribution < 1.29 is 14.4 Å². The summed E-state index contributed by atoms with van der Waals surface area (Å²) < 4.78 is 0. The number of rotatable bonds is 4. The summed E-state index contributed by atoms with van der Waals surface area (Å²) in [6.07, 6.45) is 11.3. The van der Waals surface area contributed by atoms with Crippen molar-refractivity contribution in [2.45, 2.75) is 70.3 Å². The molecule has 1 unspecified atom stereocenters. The number of likely N-dealkylation sites (N-methyl/N-ethyl adjacent to an activating group) is 1. The van der Waals surface area contributed by atoms with E-state index in [4.69, 9.17) is 0 Å². The number of amides is 3. The van der Waals surface area contributed by atoms with Crippen molar-refractivity contribution in [3.8, 4) is 0 Å². The number of urea groups is 1. The lowest BCUT2D eigenvalue weighted by Crippen LogP contribution is -2.47. The number of carbonyl (C=O) groups excluding carboxylic acids is 3. The summed E-state index contributed by atoms with van der Waals surface area (Å²) >= 11 is 0. The predicted octanol–water partition coefficient (Wildman–Crippen LogP) is 3.91. The molecule has 148 valence electrons. The molecule has 0 spiro atoms. The van der Waals surface area contributed by atoms with Gasteiger partial charge in [0, 0.05) is 7.05 Å². The van der Waals surface area contributed by atoms with E-state index < -0.39 is 5.54 Å². The van der Waals surface area contributed by atoms with Crippen LogP contribution in [0.1, 0.15) is 64.7 Å². The second kappa shape index (κ2) is 6.16. The van der Waals surface area contributed by atoms with Crippen molar-refractivity contribution in [1.29, 1.82) is 0 Å². The first-order valence-electron chi connectivity index (χ1n) is 10.7. The van der Waals surface area contributed by atoms with E-state index in [-0.39, 0.29) is 30.2 Å². The minimum atomic E-state index is -0.938. The summed E-state index contributed by atoms with van der Waals surface area (Å²) in [6, 6.07) is -0.339. The number of allylic oxidation sites excluding steroid dienone is 5. The molecule has 5 nitrogen and oxygen atoms in total. The van der Waals surface area contributed by atoms with Crippen LogP contribution < -0.4 is 0 Å². The van der Waals surface area contributed by atoms with Crippen LogP contribution in [0.25, 0.3) is 0 Å². The van der Waals surface area contributed by atoms with Crippen LogP contribution in [-0.2, 0) is 9.59 Å². The Kier molecular flexibility index (Phi) is 3.94. The average Bonchev–Trinajstić information content (AvgIpc) is 3.33. The predicted molar refractivity (Wildman–Crippen MR) is 105 cm³/mol. The molecule has 1 heterocycles. The summed E-state index contributed by atoms with van der Waals surface area (Å²) in [7, 11) is 1.69. The quantitative estimate of drug-likeness (QED) is 0.549. The number of ketones is 1. The second-order valence-electron chi connectivity index (χ2n) is 9.11. The van der Waals surface area contributed by atoms with E-state index in [1.54, 1.807) is 11.9 Å². The van der Waals surface area contributed by atoms with Gasteiger partial charge in [-0.15, -0.1) is 0 Å². The van der Waals surface area contributed by atoms with Crippen LogP contribution in [0.15, 0.2) is 33.9 Å². The van der Waals surface area contributed by atoms with Gasteiger partial charge in [0.15, 0.2) is 5.78 Å². The van der Waals surface area contributed by atoms with E-state index in [1.165, 1.54) is 27.2 Å². The van der Waals surface area contributed by atoms with Crippen LogP contribution in [0.5, 0.6) is 0 Å². The molecular formula is C23H28N2O3. The maximum Gasteiger partial charge on any atom is 0.328 e. The van der Waals surface area contributed by atoms with Crippen LogP contribution in [-0.4, -0.2) is 46.7 Å². The van der Waals surface area contributed by atoms with E-state index in [0.29, 0.717) is 0 Å². The highest BCUT2D eigenvalue weighted by molar-refractivity contribution is 6.11. The van der Waals surface area contributed by atoms with Crippen LogP contribution in [0.2, 0.25) is 0 Å². The molecule has 0 radical (unpaired) electrons. The van der Waals surface area contributed by atoms with Crippen molar-refractivity contribution in [2.75, 3.05) is 13.6 Å². The van der Waals surface area contributed by atoms with E-state index in [1.807, 2.05) is 6.92 Å². The van der Waals surface area contributed by atoms with Crippen LogP contribution in [0.4, 0.5) is 4.79 Å². The summed E-state index contributed by atoms with van der Waals surface area (Å²) in [5, 5.41) is 0. The minimum absolute atomic E-state index is 0.0241. The largest absolute Gasteiger partial charge is 0.328 e. The smallest absolute Gasteiger partial charge is 0.309 e. The molecule has 5 aliphatic rings. The van der Waals surface area contributed by atoms with Crippen molar-refractivity contribution in [1.82, 2.24) is 9.80 Å². The molecule has 1 aliphatic heterocycles. The highest BCUT2D eigenvalue weighted by atomic mass is 16.2. The van der Waals surface area contributed by atoms with Crippen molar-refractivity contribution in [3.05, 3.63) is 33.9 Å². The molecule has 28 heavy (non-hydrogen) atoms. The highest BCUT2D eigenvalue weighted by Crippen LogP contribution is 2.52. The van der Waals surface area contributed by atoms with Gasteiger partial charge < -0.3 is 4.90 Å². The van der Waals surface area contributed by atoms with E-state index in [2.05, 4.69) is 6.08 Å². The maximum absolute atomic E-state index is 13.3. The normalized spacial score (nSPS) is 30.1. The molecule has 0 aromatic heterocycles. The molecule has 5 heteroatoms. The molecule has 4 aliphatic carbocycles. The Hall–Kier alpha value is -2.17. The Morgan fingerprint density at radius 2 is 1.75 bits per heavy atom. The first kappa shape index (κ1) is 17.9. The standard InChI is InChI=1S/C23H28N2O3/c1-23(16-6-4-3-5-7-16)21(27)25(22(28)24(23)2)13-19(26)20-17-10-11-18(20)15-9-8-14(17)12-15/h6,20H,3-5,7-13H2,1-2H3. The Morgan fingerprint density at radius 1 is 1.07 bits per heavy atom. The molecule has 3 fully saturated rings. The van der Waals surface area contributed by atoms with Crippen LogP contribution in [0.3, 0.4) is 0 Å². The number of fused-ring (bicyclic) bond motifs is 4. The lowest BCUT2D eigenvalue weighted by atomic mass is 9.82. The minimum Gasteiger partial charge on any atom is -0.309 e. The van der Waals surface area contributed by atoms with E-state index >= 15 is 0 Å². The van der Waals surface area contributed by atoms with Gasteiger partial charge in [-0.3, -0.25) is 14.5 Å². The highest BCUT2D eigenvalue weighted by Gasteiger charge is 2.55. The molecule has 5 rings (SSSR count). The van der Waals surface area contributed by atoms with Gasteiger partial charge in [0.25, 0.3) is 5.91 Å². The third kappa shape index (κ3) is 2.28. The summed E-state index contributed by atoms with van der Waals surface area (Å²) in [4.78, 5) is 42.3. The lowest BCUT2D eigenvalue weighted by Gasteiger charge is -2.33. The molecule has 4 bridgehead atoms. The lowest BCUT2D eigenvalue weighted by molar-refractivity contribution is -0.134. The Balaban J connectivity index is 1.41. The fraction of sp³-hybridized carbons (Fsp3) is 0.609. The van der Waals surface area contributed by atoms with Crippen LogP contribution in [0, 0.1) is 5.92 Å². The number of Topliss-reactive ketones (excluding diaryl/α,β-unsaturated/α-hetero) is 1.